The minimum Gasteiger partial charge on any atom is -0.493 e. The van der Waals surface area contributed by atoms with Gasteiger partial charge in [-0.1, -0.05) is 6.07 Å². The molecule has 0 amide bonds. The van der Waals surface area contributed by atoms with E-state index in [1.807, 2.05) is 0 Å². The molecule has 0 fully saturated rings. The largest absolute Gasteiger partial charge is 0.493 e. The fraction of sp³-hybridized carbons (Fsp3) is 0.300. The van der Waals surface area contributed by atoms with Crippen molar-refractivity contribution >= 4 is 0 Å². The Kier molecular flexibility index (Phi) is 3.14. The van der Waals surface area contributed by atoms with E-state index >= 15 is 0 Å². The van der Waals surface area contributed by atoms with E-state index in [-0.39, 0.29) is 6.10 Å². The van der Waals surface area contributed by atoms with Crippen LogP contribution in [0.5, 0.6) is 11.5 Å². The molecule has 0 saturated heterocycles. The van der Waals surface area contributed by atoms with Crippen LogP contribution in [-0.4, -0.2) is 19.3 Å². The molecular formula is C10H13O3. The van der Waals surface area contributed by atoms with Crippen LogP contribution in [0.3, 0.4) is 0 Å². The molecule has 0 bridgehead atoms. The molecule has 0 aliphatic carbocycles. The summed E-state index contributed by atoms with van der Waals surface area (Å²) in [4.78, 5) is 0. The van der Waals surface area contributed by atoms with Crippen molar-refractivity contribution in [2.24, 2.45) is 0 Å². The second-order valence-electron chi connectivity index (χ2n) is 2.66. The molecule has 0 aliphatic rings. The summed E-state index contributed by atoms with van der Waals surface area (Å²) in [6, 6.07) is 5.26. The Morgan fingerprint density at radius 1 is 1.15 bits per heavy atom. The van der Waals surface area contributed by atoms with Gasteiger partial charge in [0.1, 0.15) is 6.10 Å². The molecule has 1 radical (unpaired) electrons. The fourth-order valence-corrected chi connectivity index (χ4v) is 1.06. The zero-order chi connectivity index (χ0) is 9.84. The van der Waals surface area contributed by atoms with Crippen molar-refractivity contribution in [3.05, 3.63) is 29.9 Å². The van der Waals surface area contributed by atoms with Crippen LogP contribution in [0.15, 0.2) is 18.2 Å². The van der Waals surface area contributed by atoms with E-state index in [4.69, 9.17) is 9.47 Å². The summed E-state index contributed by atoms with van der Waals surface area (Å²) >= 11 is 0. The quantitative estimate of drug-likeness (QED) is 0.774. The molecule has 0 saturated carbocycles. The van der Waals surface area contributed by atoms with Gasteiger partial charge in [-0.3, -0.25) is 0 Å². The first kappa shape index (κ1) is 9.86. The summed E-state index contributed by atoms with van der Waals surface area (Å²) in [5.74, 6) is 1.28. The maximum Gasteiger partial charge on any atom is 0.161 e. The molecule has 0 aliphatic heterocycles. The van der Waals surface area contributed by atoms with E-state index in [0.29, 0.717) is 11.5 Å². The molecule has 3 heteroatoms. The number of aliphatic hydroxyl groups excluding tert-OH is 1. The lowest BCUT2D eigenvalue weighted by atomic mass is 10.1. The molecule has 0 unspecified atom stereocenters. The van der Waals surface area contributed by atoms with Crippen molar-refractivity contribution in [1.82, 2.24) is 0 Å². The lowest BCUT2D eigenvalue weighted by Gasteiger charge is -2.10. The zero-order valence-corrected chi connectivity index (χ0v) is 8.00. The van der Waals surface area contributed by atoms with Gasteiger partial charge in [0.15, 0.2) is 11.5 Å². The second kappa shape index (κ2) is 4.14. The van der Waals surface area contributed by atoms with Crippen LogP contribution in [0.2, 0.25) is 0 Å². The highest BCUT2D eigenvalue weighted by molar-refractivity contribution is 5.45. The van der Waals surface area contributed by atoms with Crippen LogP contribution in [-0.2, 0) is 0 Å². The third-order valence-electron chi connectivity index (χ3n) is 1.80. The maximum atomic E-state index is 9.23. The third-order valence-corrected chi connectivity index (χ3v) is 1.80. The standard InChI is InChI=1S/C10H13O3/c1-7(11)8-4-5-9(12-2)10(6-8)13-3/h4-6,11H,1-3H3. The van der Waals surface area contributed by atoms with Gasteiger partial charge in [0.05, 0.1) is 14.2 Å². The number of hydrogen-bond acceptors (Lipinski definition) is 3. The Labute approximate surface area is 77.9 Å². The van der Waals surface area contributed by atoms with Crippen LogP contribution < -0.4 is 9.47 Å². The fourth-order valence-electron chi connectivity index (χ4n) is 1.06. The predicted molar refractivity (Wildman–Crippen MR) is 49.5 cm³/mol. The van der Waals surface area contributed by atoms with E-state index < -0.39 is 0 Å². The van der Waals surface area contributed by atoms with E-state index in [2.05, 4.69) is 0 Å². The SMILES string of the molecule is COc1ccc([C](C)O)cc1OC. The number of ether oxygens (including phenoxy) is 2. The van der Waals surface area contributed by atoms with Crippen LogP contribution in [0.25, 0.3) is 0 Å². The lowest BCUT2D eigenvalue weighted by molar-refractivity contribution is 0.335. The molecule has 0 atom stereocenters. The highest BCUT2D eigenvalue weighted by Crippen LogP contribution is 2.29. The number of aliphatic hydroxyl groups is 1. The van der Waals surface area contributed by atoms with Gasteiger partial charge in [0, 0.05) is 0 Å². The van der Waals surface area contributed by atoms with Crippen molar-refractivity contribution in [1.29, 1.82) is 0 Å². The van der Waals surface area contributed by atoms with E-state index in [1.165, 1.54) is 0 Å². The number of methoxy groups -OCH3 is 2. The Morgan fingerprint density at radius 3 is 2.23 bits per heavy atom. The minimum absolute atomic E-state index is 0.265. The van der Waals surface area contributed by atoms with E-state index in [0.717, 1.165) is 5.56 Å². The number of hydrogen-bond donors (Lipinski definition) is 1. The van der Waals surface area contributed by atoms with Crippen LogP contribution in [0.4, 0.5) is 0 Å². The van der Waals surface area contributed by atoms with Gasteiger partial charge in [0.2, 0.25) is 0 Å². The van der Waals surface area contributed by atoms with Crippen LogP contribution in [0, 0.1) is 6.10 Å². The topological polar surface area (TPSA) is 38.7 Å². The molecule has 13 heavy (non-hydrogen) atoms. The van der Waals surface area contributed by atoms with E-state index in [1.54, 1.807) is 39.3 Å². The van der Waals surface area contributed by atoms with Crippen LogP contribution >= 0.6 is 0 Å². The molecule has 0 aromatic heterocycles. The highest BCUT2D eigenvalue weighted by atomic mass is 16.5. The predicted octanol–water partition coefficient (Wildman–Crippen LogP) is 1.98. The van der Waals surface area contributed by atoms with Crippen molar-refractivity contribution in [2.75, 3.05) is 14.2 Å². The summed E-state index contributed by atoms with van der Waals surface area (Å²) < 4.78 is 10.1. The van der Waals surface area contributed by atoms with Gasteiger partial charge in [-0.2, -0.15) is 0 Å². The van der Waals surface area contributed by atoms with Gasteiger partial charge in [-0.15, -0.1) is 0 Å². The summed E-state index contributed by atoms with van der Waals surface area (Å²) in [6.07, 6.45) is 0.265. The molecule has 0 heterocycles. The van der Waals surface area contributed by atoms with Crippen molar-refractivity contribution in [3.63, 3.8) is 0 Å². The summed E-state index contributed by atoms with van der Waals surface area (Å²) in [7, 11) is 3.14. The Hall–Kier alpha value is -1.22. The Balaban J connectivity index is 3.05. The average Bonchev–Trinajstić information content (AvgIpc) is 2.16. The maximum absolute atomic E-state index is 9.23. The number of benzene rings is 1. The summed E-state index contributed by atoms with van der Waals surface area (Å²) in [5.41, 5.74) is 0.734. The Morgan fingerprint density at radius 2 is 1.77 bits per heavy atom. The van der Waals surface area contributed by atoms with Crippen LogP contribution in [0.1, 0.15) is 12.5 Å². The molecule has 1 N–H and O–H groups in total. The molecule has 1 aromatic rings. The first-order valence-corrected chi connectivity index (χ1v) is 3.94. The highest BCUT2D eigenvalue weighted by Gasteiger charge is 2.07. The van der Waals surface area contributed by atoms with Crippen molar-refractivity contribution in [3.8, 4) is 11.5 Å². The first-order chi connectivity index (χ1) is 6.19. The van der Waals surface area contributed by atoms with Gasteiger partial charge < -0.3 is 14.6 Å². The van der Waals surface area contributed by atoms with Crippen molar-refractivity contribution < 1.29 is 14.6 Å². The smallest absolute Gasteiger partial charge is 0.161 e. The molecule has 71 valence electrons. The lowest BCUT2D eigenvalue weighted by Crippen LogP contribution is -1.95. The first-order valence-electron chi connectivity index (χ1n) is 3.94. The van der Waals surface area contributed by atoms with Gasteiger partial charge in [0.25, 0.3) is 0 Å². The minimum atomic E-state index is 0.265. The van der Waals surface area contributed by atoms with Gasteiger partial charge in [-0.25, -0.2) is 0 Å². The second-order valence-corrected chi connectivity index (χ2v) is 2.66. The molecule has 1 rings (SSSR count). The summed E-state index contributed by atoms with van der Waals surface area (Å²) in [5, 5.41) is 9.23. The Bertz CT molecular complexity index is 281. The van der Waals surface area contributed by atoms with Gasteiger partial charge >= 0.3 is 0 Å². The third kappa shape index (κ3) is 2.12. The summed E-state index contributed by atoms with van der Waals surface area (Å²) in [6.45, 7) is 1.63. The van der Waals surface area contributed by atoms with Gasteiger partial charge in [-0.05, 0) is 24.6 Å². The molecule has 3 nitrogen and oxygen atoms in total. The average molecular weight is 181 g/mol. The zero-order valence-electron chi connectivity index (χ0n) is 8.00. The van der Waals surface area contributed by atoms with E-state index in [9.17, 15) is 5.11 Å². The monoisotopic (exact) mass is 181 g/mol. The van der Waals surface area contributed by atoms with Crippen molar-refractivity contribution in [2.45, 2.75) is 6.92 Å². The molecule has 0 spiro atoms. The number of rotatable bonds is 3. The normalized spacial score (nSPS) is 10.2. The molecule has 1 aromatic carbocycles. The molecular weight excluding hydrogens is 168 g/mol.